The number of nitrogens with zero attached hydrogens (tertiary/aromatic N) is 1. The molecule has 60 valence electrons. The summed E-state index contributed by atoms with van der Waals surface area (Å²) in [5.41, 5.74) is 0. The first kappa shape index (κ1) is 7.41. The van der Waals surface area contributed by atoms with Crippen LogP contribution in [0.25, 0.3) is 0 Å². The summed E-state index contributed by atoms with van der Waals surface area (Å²) in [6.45, 7) is 2.19. The number of halogens is 1. The Bertz CT molecular complexity index is 214. The third kappa shape index (κ3) is 1.36. The Hall–Kier alpha value is -0.240. The average Bonchev–Trinajstić information content (AvgIpc) is 2.69. The molecule has 1 aliphatic heterocycles. The van der Waals surface area contributed by atoms with Crippen molar-refractivity contribution < 1.29 is 0 Å². The van der Waals surface area contributed by atoms with E-state index in [1.807, 2.05) is 0 Å². The van der Waals surface area contributed by atoms with E-state index in [2.05, 4.69) is 52.2 Å². The number of allylic oxidation sites excluding steroid dienone is 2. The maximum absolute atomic E-state index is 3.69. The predicted molar refractivity (Wildman–Crippen MR) is 50.5 cm³/mol. The standard InChI is InChI=1S/C9H12BrN/c1-9(10)6-2-3-7-11(9)8-4-5-8/h2-3,6-8H,4-5H2,1H3. The summed E-state index contributed by atoms with van der Waals surface area (Å²) < 4.78 is 0.0584. The highest BCUT2D eigenvalue weighted by atomic mass is 79.9. The topological polar surface area (TPSA) is 3.24 Å². The van der Waals surface area contributed by atoms with Gasteiger partial charge < -0.3 is 4.90 Å². The van der Waals surface area contributed by atoms with Gasteiger partial charge in [0.25, 0.3) is 0 Å². The Morgan fingerprint density at radius 3 is 2.73 bits per heavy atom. The van der Waals surface area contributed by atoms with Crippen molar-refractivity contribution in [2.24, 2.45) is 0 Å². The van der Waals surface area contributed by atoms with Crippen molar-refractivity contribution in [3.8, 4) is 0 Å². The van der Waals surface area contributed by atoms with Gasteiger partial charge in [0.05, 0.1) is 0 Å². The summed E-state index contributed by atoms with van der Waals surface area (Å²) >= 11 is 3.69. The van der Waals surface area contributed by atoms with E-state index < -0.39 is 0 Å². The Labute approximate surface area is 75.9 Å². The zero-order valence-corrected chi connectivity index (χ0v) is 8.21. The van der Waals surface area contributed by atoms with E-state index in [9.17, 15) is 0 Å². The second kappa shape index (κ2) is 2.37. The Morgan fingerprint density at radius 2 is 2.18 bits per heavy atom. The molecule has 0 aromatic carbocycles. The third-order valence-electron chi connectivity index (χ3n) is 2.20. The first-order valence-corrected chi connectivity index (χ1v) is 4.83. The minimum atomic E-state index is 0.0584. The van der Waals surface area contributed by atoms with Gasteiger partial charge >= 0.3 is 0 Å². The predicted octanol–water partition coefficient (Wildman–Crippen LogP) is 2.65. The number of rotatable bonds is 1. The zero-order valence-electron chi connectivity index (χ0n) is 6.63. The van der Waals surface area contributed by atoms with Gasteiger partial charge in [0.2, 0.25) is 0 Å². The van der Waals surface area contributed by atoms with Gasteiger partial charge in [-0.1, -0.05) is 22.0 Å². The summed E-state index contributed by atoms with van der Waals surface area (Å²) in [5, 5.41) is 0. The molecular formula is C9H12BrN. The lowest BCUT2D eigenvalue weighted by Crippen LogP contribution is -2.38. The van der Waals surface area contributed by atoms with E-state index in [4.69, 9.17) is 0 Å². The molecule has 1 heterocycles. The highest BCUT2D eigenvalue weighted by Crippen LogP contribution is 2.38. The molecule has 2 heteroatoms. The summed E-state index contributed by atoms with van der Waals surface area (Å²) in [7, 11) is 0. The van der Waals surface area contributed by atoms with Crippen LogP contribution in [-0.4, -0.2) is 15.4 Å². The molecule has 1 nitrogen and oxygen atoms in total. The molecular weight excluding hydrogens is 202 g/mol. The number of hydrogen-bond acceptors (Lipinski definition) is 1. The van der Waals surface area contributed by atoms with Crippen LogP contribution >= 0.6 is 15.9 Å². The molecule has 1 aliphatic carbocycles. The summed E-state index contributed by atoms with van der Waals surface area (Å²) in [5.74, 6) is 0. The van der Waals surface area contributed by atoms with Gasteiger partial charge in [0, 0.05) is 12.2 Å². The van der Waals surface area contributed by atoms with Gasteiger partial charge in [-0.05, 0) is 31.9 Å². The lowest BCUT2D eigenvalue weighted by molar-refractivity contribution is 0.299. The first-order chi connectivity index (χ1) is 5.20. The van der Waals surface area contributed by atoms with Crippen LogP contribution in [0.2, 0.25) is 0 Å². The summed E-state index contributed by atoms with van der Waals surface area (Å²) in [6, 6.07) is 0.778. The van der Waals surface area contributed by atoms with Crippen LogP contribution in [0, 0.1) is 0 Å². The molecule has 0 spiro atoms. The van der Waals surface area contributed by atoms with Crippen molar-refractivity contribution in [1.29, 1.82) is 0 Å². The first-order valence-electron chi connectivity index (χ1n) is 4.03. The minimum absolute atomic E-state index is 0.0584. The van der Waals surface area contributed by atoms with Gasteiger partial charge in [-0.25, -0.2) is 0 Å². The van der Waals surface area contributed by atoms with Crippen LogP contribution in [-0.2, 0) is 0 Å². The number of alkyl halides is 1. The second-order valence-corrected chi connectivity index (χ2v) is 4.97. The number of hydrogen-bond donors (Lipinski definition) is 0. The molecule has 11 heavy (non-hydrogen) atoms. The Kier molecular flexibility index (Phi) is 1.60. The fourth-order valence-corrected chi connectivity index (χ4v) is 2.00. The van der Waals surface area contributed by atoms with E-state index in [0.717, 1.165) is 6.04 Å². The van der Waals surface area contributed by atoms with Gasteiger partial charge in [-0.15, -0.1) is 0 Å². The summed E-state index contributed by atoms with van der Waals surface area (Å²) in [4.78, 5) is 2.38. The monoisotopic (exact) mass is 213 g/mol. The van der Waals surface area contributed by atoms with Crippen molar-refractivity contribution in [3.05, 3.63) is 24.4 Å². The van der Waals surface area contributed by atoms with E-state index in [0.29, 0.717) is 0 Å². The van der Waals surface area contributed by atoms with Crippen molar-refractivity contribution >= 4 is 15.9 Å². The van der Waals surface area contributed by atoms with Crippen molar-refractivity contribution in [2.75, 3.05) is 0 Å². The molecule has 1 atom stereocenters. The maximum Gasteiger partial charge on any atom is 0.111 e. The molecule has 0 radical (unpaired) electrons. The SMILES string of the molecule is CC1(Br)C=CC=CN1C1CC1. The van der Waals surface area contributed by atoms with Crippen LogP contribution in [0.4, 0.5) is 0 Å². The fraction of sp³-hybridized carbons (Fsp3) is 0.556. The quantitative estimate of drug-likeness (QED) is 0.479. The lowest BCUT2D eigenvalue weighted by Gasteiger charge is -2.35. The van der Waals surface area contributed by atoms with Crippen LogP contribution in [0.1, 0.15) is 19.8 Å². The molecule has 0 N–H and O–H groups in total. The molecule has 0 aromatic rings. The average molecular weight is 214 g/mol. The van der Waals surface area contributed by atoms with Gasteiger partial charge in [-0.3, -0.25) is 0 Å². The van der Waals surface area contributed by atoms with Gasteiger partial charge in [0.15, 0.2) is 0 Å². The van der Waals surface area contributed by atoms with E-state index >= 15 is 0 Å². The van der Waals surface area contributed by atoms with Gasteiger partial charge in [-0.2, -0.15) is 0 Å². The lowest BCUT2D eigenvalue weighted by atomic mass is 10.2. The third-order valence-corrected chi connectivity index (χ3v) is 2.88. The molecule has 2 rings (SSSR count). The highest BCUT2D eigenvalue weighted by molar-refractivity contribution is 9.10. The van der Waals surface area contributed by atoms with Crippen LogP contribution in [0.5, 0.6) is 0 Å². The minimum Gasteiger partial charge on any atom is -0.356 e. The second-order valence-electron chi connectivity index (χ2n) is 3.36. The summed E-state index contributed by atoms with van der Waals surface area (Å²) in [6.07, 6.45) is 11.2. The van der Waals surface area contributed by atoms with Crippen LogP contribution in [0.15, 0.2) is 24.4 Å². The van der Waals surface area contributed by atoms with Crippen molar-refractivity contribution in [3.63, 3.8) is 0 Å². The molecule has 1 fully saturated rings. The molecule has 0 bridgehead atoms. The smallest absolute Gasteiger partial charge is 0.111 e. The Morgan fingerprint density at radius 1 is 1.45 bits per heavy atom. The molecule has 0 aromatic heterocycles. The molecule has 1 unspecified atom stereocenters. The van der Waals surface area contributed by atoms with Gasteiger partial charge in [0.1, 0.15) is 4.45 Å². The normalized spacial score (nSPS) is 36.4. The maximum atomic E-state index is 3.69. The molecule has 0 saturated heterocycles. The zero-order chi connectivity index (χ0) is 7.90. The molecule has 1 saturated carbocycles. The molecule has 0 amide bonds. The highest BCUT2D eigenvalue weighted by Gasteiger charge is 2.36. The van der Waals surface area contributed by atoms with Crippen LogP contribution < -0.4 is 0 Å². The van der Waals surface area contributed by atoms with E-state index in [1.165, 1.54) is 12.8 Å². The Balaban J connectivity index is 2.17. The fourth-order valence-electron chi connectivity index (χ4n) is 1.44. The van der Waals surface area contributed by atoms with Crippen molar-refractivity contribution in [2.45, 2.75) is 30.3 Å². The largest absolute Gasteiger partial charge is 0.356 e. The van der Waals surface area contributed by atoms with Crippen molar-refractivity contribution in [1.82, 2.24) is 4.90 Å². The van der Waals surface area contributed by atoms with E-state index in [1.54, 1.807) is 0 Å². The van der Waals surface area contributed by atoms with Crippen LogP contribution in [0.3, 0.4) is 0 Å². The van der Waals surface area contributed by atoms with E-state index in [-0.39, 0.29) is 4.45 Å². The molecule has 2 aliphatic rings.